The van der Waals surface area contributed by atoms with E-state index in [1.54, 1.807) is 6.20 Å². The number of hydrogen-bond donors (Lipinski definition) is 2. The van der Waals surface area contributed by atoms with Gasteiger partial charge in [-0.05, 0) is 48.7 Å². The van der Waals surface area contributed by atoms with E-state index < -0.39 is 0 Å². The van der Waals surface area contributed by atoms with Crippen LogP contribution in [0.5, 0.6) is 5.75 Å². The molecule has 150 valence electrons. The third kappa shape index (κ3) is 7.30. The molecule has 2 N–H and O–H groups in total. The molecule has 29 heavy (non-hydrogen) atoms. The lowest BCUT2D eigenvalue weighted by Gasteiger charge is -2.11. The van der Waals surface area contributed by atoms with Crippen molar-refractivity contribution in [1.82, 2.24) is 15.6 Å². The molecule has 0 saturated heterocycles. The molecule has 0 aliphatic heterocycles. The first kappa shape index (κ1) is 20.4. The molecule has 0 amide bonds. The lowest BCUT2D eigenvalue weighted by atomic mass is 10.1. The third-order valence-corrected chi connectivity index (χ3v) is 4.35. The number of benzene rings is 2. The predicted molar refractivity (Wildman–Crippen MR) is 118 cm³/mol. The van der Waals surface area contributed by atoms with Crippen molar-refractivity contribution in [3.63, 3.8) is 0 Å². The summed E-state index contributed by atoms with van der Waals surface area (Å²) >= 11 is 0. The first-order valence-corrected chi connectivity index (χ1v) is 10.0. The second-order valence-electron chi connectivity index (χ2n) is 6.61. The summed E-state index contributed by atoms with van der Waals surface area (Å²) in [5, 5.41) is 6.69. The van der Waals surface area contributed by atoms with E-state index in [2.05, 4.69) is 51.8 Å². The Balaban J connectivity index is 1.48. The zero-order chi connectivity index (χ0) is 20.2. The van der Waals surface area contributed by atoms with E-state index in [-0.39, 0.29) is 0 Å². The molecule has 3 aromatic rings. The van der Waals surface area contributed by atoms with Crippen molar-refractivity contribution in [2.45, 2.75) is 26.5 Å². The van der Waals surface area contributed by atoms with Crippen molar-refractivity contribution < 1.29 is 4.74 Å². The lowest BCUT2D eigenvalue weighted by Crippen LogP contribution is -2.38. The highest BCUT2D eigenvalue weighted by molar-refractivity contribution is 5.79. The van der Waals surface area contributed by atoms with Crippen LogP contribution in [-0.4, -0.2) is 24.0 Å². The Labute approximate surface area is 172 Å². The minimum Gasteiger partial charge on any atom is -0.487 e. The van der Waals surface area contributed by atoms with Crippen LogP contribution < -0.4 is 15.4 Å². The summed E-state index contributed by atoms with van der Waals surface area (Å²) in [5.41, 5.74) is 3.37. The van der Waals surface area contributed by atoms with Crippen LogP contribution in [0.1, 0.15) is 23.7 Å². The summed E-state index contributed by atoms with van der Waals surface area (Å²) in [5.74, 6) is 1.66. The summed E-state index contributed by atoms with van der Waals surface area (Å²) in [6, 6.07) is 24.3. The number of nitrogens with one attached hydrogen (secondary N) is 2. The summed E-state index contributed by atoms with van der Waals surface area (Å²) in [4.78, 5) is 8.95. The topological polar surface area (TPSA) is 58.5 Å². The first-order chi connectivity index (χ1) is 14.3. The van der Waals surface area contributed by atoms with Crippen molar-refractivity contribution in [2.24, 2.45) is 4.99 Å². The minimum atomic E-state index is 0.467. The van der Waals surface area contributed by atoms with Crippen LogP contribution in [0.3, 0.4) is 0 Å². The number of aromatic nitrogens is 1. The minimum absolute atomic E-state index is 0.467. The first-order valence-electron chi connectivity index (χ1n) is 10.0. The molecule has 3 rings (SSSR count). The molecule has 0 fully saturated rings. The summed E-state index contributed by atoms with van der Waals surface area (Å²) in [6.07, 6.45) is 2.74. The maximum Gasteiger partial charge on any atom is 0.191 e. The third-order valence-electron chi connectivity index (χ3n) is 4.35. The highest BCUT2D eigenvalue weighted by atomic mass is 16.5. The average Bonchev–Trinajstić information content (AvgIpc) is 2.78. The summed E-state index contributed by atoms with van der Waals surface area (Å²) < 4.78 is 5.78. The highest BCUT2D eigenvalue weighted by Gasteiger charge is 2.00. The summed E-state index contributed by atoms with van der Waals surface area (Å²) in [7, 11) is 0. The van der Waals surface area contributed by atoms with E-state index in [1.165, 1.54) is 5.56 Å². The Bertz CT molecular complexity index is 864. The Hall–Kier alpha value is -3.34. The van der Waals surface area contributed by atoms with Crippen LogP contribution in [0.4, 0.5) is 0 Å². The molecular weight excluding hydrogens is 360 g/mol. The van der Waals surface area contributed by atoms with Crippen LogP contribution in [0.25, 0.3) is 0 Å². The molecule has 0 atom stereocenters. The number of ether oxygens (including phenoxy) is 1. The molecule has 0 spiro atoms. The van der Waals surface area contributed by atoms with Crippen molar-refractivity contribution in [3.8, 4) is 5.75 Å². The van der Waals surface area contributed by atoms with Gasteiger partial charge >= 0.3 is 0 Å². The SMILES string of the molecule is CCNC(=NCc1ccc(OCc2ccccn2)cc1)NCCc1ccccc1. The van der Waals surface area contributed by atoms with Gasteiger partial charge in [0.25, 0.3) is 0 Å². The second kappa shape index (κ2) is 11.5. The quantitative estimate of drug-likeness (QED) is 0.430. The number of rotatable bonds is 9. The fraction of sp³-hybridized carbons (Fsp3) is 0.250. The van der Waals surface area contributed by atoms with Crippen molar-refractivity contribution in [1.29, 1.82) is 0 Å². The Morgan fingerprint density at radius 1 is 0.897 bits per heavy atom. The van der Waals surface area contributed by atoms with Crippen LogP contribution in [0.15, 0.2) is 84.0 Å². The van der Waals surface area contributed by atoms with Crippen LogP contribution in [-0.2, 0) is 19.6 Å². The number of aliphatic imine (C=N–C) groups is 1. The van der Waals surface area contributed by atoms with Crippen molar-refractivity contribution >= 4 is 5.96 Å². The van der Waals surface area contributed by atoms with Crippen molar-refractivity contribution in [2.75, 3.05) is 13.1 Å². The molecule has 0 radical (unpaired) electrons. The predicted octanol–water partition coefficient (Wildman–Crippen LogP) is 3.96. The van der Waals surface area contributed by atoms with Gasteiger partial charge in [0.05, 0.1) is 12.2 Å². The van der Waals surface area contributed by atoms with Crippen LogP contribution in [0.2, 0.25) is 0 Å². The highest BCUT2D eigenvalue weighted by Crippen LogP contribution is 2.14. The molecular formula is C24H28N4O. The molecule has 0 saturated carbocycles. The van der Waals surface area contributed by atoms with Gasteiger partial charge in [0.1, 0.15) is 12.4 Å². The molecule has 5 nitrogen and oxygen atoms in total. The molecule has 1 aromatic heterocycles. The zero-order valence-corrected chi connectivity index (χ0v) is 16.8. The van der Waals surface area contributed by atoms with E-state index in [0.717, 1.165) is 42.5 Å². The van der Waals surface area contributed by atoms with E-state index >= 15 is 0 Å². The molecule has 0 aliphatic carbocycles. The van der Waals surface area contributed by atoms with E-state index in [1.807, 2.05) is 48.5 Å². The zero-order valence-electron chi connectivity index (χ0n) is 16.8. The largest absolute Gasteiger partial charge is 0.487 e. The maximum atomic E-state index is 5.78. The van der Waals surface area contributed by atoms with Gasteiger partial charge in [-0.1, -0.05) is 48.5 Å². The van der Waals surface area contributed by atoms with E-state index in [4.69, 9.17) is 4.74 Å². The van der Waals surface area contributed by atoms with Gasteiger partial charge in [0, 0.05) is 19.3 Å². The Morgan fingerprint density at radius 3 is 2.41 bits per heavy atom. The molecule has 5 heteroatoms. The van der Waals surface area contributed by atoms with Gasteiger partial charge in [0.15, 0.2) is 5.96 Å². The van der Waals surface area contributed by atoms with Crippen LogP contribution in [0, 0.1) is 0 Å². The van der Waals surface area contributed by atoms with E-state index in [0.29, 0.717) is 13.2 Å². The van der Waals surface area contributed by atoms with Gasteiger partial charge in [-0.25, -0.2) is 4.99 Å². The monoisotopic (exact) mass is 388 g/mol. The van der Waals surface area contributed by atoms with Gasteiger partial charge in [-0.15, -0.1) is 0 Å². The molecule has 0 aliphatic rings. The Morgan fingerprint density at radius 2 is 1.69 bits per heavy atom. The van der Waals surface area contributed by atoms with Crippen LogP contribution >= 0.6 is 0 Å². The average molecular weight is 389 g/mol. The number of hydrogen-bond acceptors (Lipinski definition) is 3. The molecule has 1 heterocycles. The number of guanidine groups is 1. The molecule has 0 bridgehead atoms. The maximum absolute atomic E-state index is 5.78. The van der Waals surface area contributed by atoms with Gasteiger partial charge in [-0.2, -0.15) is 0 Å². The molecule has 0 unspecified atom stereocenters. The standard InChI is InChI=1S/C24H28N4O/c1-2-25-24(27-17-15-20-8-4-3-5-9-20)28-18-21-11-13-23(14-12-21)29-19-22-10-6-7-16-26-22/h3-14,16H,2,15,17-19H2,1H3,(H2,25,27,28). The number of pyridine rings is 1. The fourth-order valence-electron chi connectivity index (χ4n) is 2.81. The van der Waals surface area contributed by atoms with Gasteiger partial charge < -0.3 is 15.4 Å². The fourth-order valence-corrected chi connectivity index (χ4v) is 2.81. The van der Waals surface area contributed by atoms with E-state index in [9.17, 15) is 0 Å². The van der Waals surface area contributed by atoms with Gasteiger partial charge in [-0.3, -0.25) is 4.98 Å². The second-order valence-corrected chi connectivity index (χ2v) is 6.61. The molecule has 2 aromatic carbocycles. The normalized spacial score (nSPS) is 11.1. The Kier molecular flexibility index (Phi) is 8.08. The summed E-state index contributed by atoms with van der Waals surface area (Å²) in [6.45, 7) is 4.82. The number of nitrogens with zero attached hydrogens (tertiary/aromatic N) is 2. The smallest absolute Gasteiger partial charge is 0.191 e. The van der Waals surface area contributed by atoms with Gasteiger partial charge in [0.2, 0.25) is 0 Å². The lowest BCUT2D eigenvalue weighted by molar-refractivity contribution is 0.301. The van der Waals surface area contributed by atoms with Crippen molar-refractivity contribution in [3.05, 3.63) is 95.8 Å².